The standard InChI is InChI=1S/C4H7N3.C2H4O.C2H6/c1-7-2-4(5)6-3-7;1-2-3;1-2/h2-3H,5H2,1H3;2H,1H3;1-2H3. The molecule has 1 rings (SSSR count). The van der Waals surface area contributed by atoms with E-state index in [9.17, 15) is 0 Å². The van der Waals surface area contributed by atoms with Crippen LogP contribution in [0.2, 0.25) is 0 Å². The molecule has 0 bridgehead atoms. The smallest absolute Gasteiger partial charge is 0.141 e. The zero-order chi connectivity index (χ0) is 9.98. The van der Waals surface area contributed by atoms with E-state index in [4.69, 9.17) is 10.5 Å². The summed E-state index contributed by atoms with van der Waals surface area (Å²) in [6, 6.07) is 0. The van der Waals surface area contributed by atoms with Crippen LogP contribution in [0.4, 0.5) is 5.82 Å². The molecule has 12 heavy (non-hydrogen) atoms. The molecule has 0 spiro atoms. The first-order valence-electron chi connectivity index (χ1n) is 3.84. The van der Waals surface area contributed by atoms with Crippen LogP contribution in [-0.2, 0) is 11.8 Å². The average Bonchev–Trinajstić information content (AvgIpc) is 2.40. The summed E-state index contributed by atoms with van der Waals surface area (Å²) in [4.78, 5) is 12.6. The minimum atomic E-state index is 0.572. The lowest BCUT2D eigenvalue weighted by Crippen LogP contribution is -1.81. The molecule has 0 radical (unpaired) electrons. The monoisotopic (exact) mass is 171 g/mol. The molecule has 0 fully saturated rings. The van der Waals surface area contributed by atoms with E-state index in [1.807, 2.05) is 20.9 Å². The fourth-order valence-electron chi connectivity index (χ4n) is 0.433. The highest BCUT2D eigenvalue weighted by Crippen LogP contribution is 1.90. The molecule has 0 aromatic carbocycles. The van der Waals surface area contributed by atoms with Crippen LogP contribution in [0.5, 0.6) is 0 Å². The molecular formula is C8H17N3O. The first-order chi connectivity index (χ1) is 5.70. The maximum atomic E-state index is 8.81. The van der Waals surface area contributed by atoms with E-state index in [0.29, 0.717) is 5.82 Å². The van der Waals surface area contributed by atoms with E-state index < -0.39 is 0 Å². The Labute approximate surface area is 73.4 Å². The van der Waals surface area contributed by atoms with E-state index in [-0.39, 0.29) is 0 Å². The third kappa shape index (κ3) is 8.68. The molecule has 1 heterocycles. The lowest BCUT2D eigenvalue weighted by atomic mass is 10.8. The lowest BCUT2D eigenvalue weighted by Gasteiger charge is -1.78. The molecule has 1 aromatic heterocycles. The maximum Gasteiger partial charge on any atom is 0.141 e. The van der Waals surface area contributed by atoms with E-state index >= 15 is 0 Å². The summed E-state index contributed by atoms with van der Waals surface area (Å²) >= 11 is 0. The van der Waals surface area contributed by atoms with Crippen molar-refractivity contribution < 1.29 is 4.79 Å². The molecule has 0 saturated heterocycles. The zero-order valence-electron chi connectivity index (χ0n) is 8.11. The Hall–Kier alpha value is -1.32. The Kier molecular flexibility index (Phi) is 10.7. The summed E-state index contributed by atoms with van der Waals surface area (Å²) in [6.07, 6.45) is 4.16. The van der Waals surface area contributed by atoms with Crippen LogP contribution in [0.3, 0.4) is 0 Å². The van der Waals surface area contributed by atoms with Crippen molar-refractivity contribution in [1.82, 2.24) is 9.55 Å². The number of nitrogens with zero attached hydrogens (tertiary/aromatic N) is 2. The van der Waals surface area contributed by atoms with E-state index in [2.05, 4.69) is 4.98 Å². The molecule has 0 amide bonds. The number of hydrogen-bond donors (Lipinski definition) is 1. The molecule has 0 aliphatic carbocycles. The van der Waals surface area contributed by atoms with Gasteiger partial charge in [-0.05, 0) is 6.92 Å². The summed E-state index contributed by atoms with van der Waals surface area (Å²) in [5.41, 5.74) is 5.25. The predicted molar refractivity (Wildman–Crippen MR) is 50.7 cm³/mol. The van der Waals surface area contributed by atoms with Gasteiger partial charge < -0.3 is 15.1 Å². The number of imidazole rings is 1. The van der Waals surface area contributed by atoms with Crippen LogP contribution in [-0.4, -0.2) is 15.8 Å². The average molecular weight is 171 g/mol. The first-order valence-corrected chi connectivity index (χ1v) is 3.84. The molecule has 1 aromatic rings. The van der Waals surface area contributed by atoms with Crippen LogP contribution in [0.1, 0.15) is 20.8 Å². The van der Waals surface area contributed by atoms with Gasteiger partial charge in [-0.25, -0.2) is 4.98 Å². The number of anilines is 1. The SMILES string of the molecule is CC.CC=O.Cn1cnc(N)c1. The molecule has 0 atom stereocenters. The largest absolute Gasteiger partial charge is 0.382 e. The van der Waals surface area contributed by atoms with Crippen LogP contribution < -0.4 is 5.73 Å². The number of hydrogen-bond acceptors (Lipinski definition) is 3. The predicted octanol–water partition coefficient (Wildman–Crippen LogP) is 1.23. The summed E-state index contributed by atoms with van der Waals surface area (Å²) in [5.74, 6) is 0.572. The molecule has 4 heteroatoms. The van der Waals surface area contributed by atoms with Gasteiger partial charge in [0.05, 0.1) is 6.33 Å². The van der Waals surface area contributed by atoms with Crippen LogP contribution in [0, 0.1) is 0 Å². The summed E-state index contributed by atoms with van der Waals surface area (Å²) in [5, 5.41) is 0. The van der Waals surface area contributed by atoms with Gasteiger partial charge in [0.25, 0.3) is 0 Å². The van der Waals surface area contributed by atoms with Crippen LogP contribution in [0.15, 0.2) is 12.5 Å². The van der Waals surface area contributed by atoms with Gasteiger partial charge in [-0.1, -0.05) is 13.8 Å². The van der Waals surface area contributed by atoms with E-state index in [0.717, 1.165) is 6.29 Å². The van der Waals surface area contributed by atoms with Gasteiger partial charge in [0.15, 0.2) is 0 Å². The second-order valence-electron chi connectivity index (χ2n) is 1.70. The minimum Gasteiger partial charge on any atom is -0.382 e. The maximum absolute atomic E-state index is 8.81. The molecule has 2 N–H and O–H groups in total. The number of carbonyl (C=O) groups is 1. The van der Waals surface area contributed by atoms with Crippen molar-refractivity contribution in [3.8, 4) is 0 Å². The summed E-state index contributed by atoms with van der Waals surface area (Å²) < 4.78 is 1.80. The van der Waals surface area contributed by atoms with E-state index in [1.54, 1.807) is 17.1 Å². The molecule has 0 saturated carbocycles. The van der Waals surface area contributed by atoms with Crippen molar-refractivity contribution in [3.63, 3.8) is 0 Å². The molecule has 4 nitrogen and oxygen atoms in total. The highest BCUT2D eigenvalue weighted by atomic mass is 16.1. The van der Waals surface area contributed by atoms with Gasteiger partial charge in [0.1, 0.15) is 12.1 Å². The third-order valence-corrected chi connectivity index (χ3v) is 0.725. The zero-order valence-corrected chi connectivity index (χ0v) is 8.11. The molecular weight excluding hydrogens is 154 g/mol. The summed E-state index contributed by atoms with van der Waals surface area (Å²) in [6.45, 7) is 5.44. The highest BCUT2D eigenvalue weighted by molar-refractivity contribution is 5.44. The van der Waals surface area contributed by atoms with E-state index in [1.165, 1.54) is 6.92 Å². The molecule has 0 unspecified atom stereocenters. The van der Waals surface area contributed by atoms with Gasteiger partial charge in [-0.15, -0.1) is 0 Å². The summed E-state index contributed by atoms with van der Waals surface area (Å²) in [7, 11) is 1.88. The number of aromatic nitrogens is 2. The number of rotatable bonds is 0. The van der Waals surface area contributed by atoms with Crippen LogP contribution in [0.25, 0.3) is 0 Å². The quantitative estimate of drug-likeness (QED) is 0.597. The Bertz CT molecular complexity index is 179. The second-order valence-corrected chi connectivity index (χ2v) is 1.70. The molecule has 0 aliphatic heterocycles. The Morgan fingerprint density at radius 2 is 2.00 bits per heavy atom. The fourth-order valence-corrected chi connectivity index (χ4v) is 0.433. The minimum absolute atomic E-state index is 0.572. The topological polar surface area (TPSA) is 60.9 Å². The lowest BCUT2D eigenvalue weighted by molar-refractivity contribution is -0.106. The van der Waals surface area contributed by atoms with Crippen molar-refractivity contribution in [3.05, 3.63) is 12.5 Å². The number of carbonyl (C=O) groups excluding carboxylic acids is 1. The third-order valence-electron chi connectivity index (χ3n) is 0.725. The van der Waals surface area contributed by atoms with Gasteiger partial charge in [-0.2, -0.15) is 0 Å². The normalized spacial score (nSPS) is 7.00. The Balaban J connectivity index is 0. The highest BCUT2D eigenvalue weighted by Gasteiger charge is 1.82. The van der Waals surface area contributed by atoms with Gasteiger partial charge in [0, 0.05) is 13.2 Å². The van der Waals surface area contributed by atoms with Crippen molar-refractivity contribution in [2.24, 2.45) is 7.05 Å². The van der Waals surface area contributed by atoms with Gasteiger partial charge >= 0.3 is 0 Å². The first kappa shape index (κ1) is 13.3. The van der Waals surface area contributed by atoms with Crippen LogP contribution >= 0.6 is 0 Å². The Morgan fingerprint density at radius 1 is 1.58 bits per heavy atom. The fraction of sp³-hybridized carbons (Fsp3) is 0.500. The number of aryl methyl sites for hydroxylation is 1. The van der Waals surface area contributed by atoms with Crippen molar-refractivity contribution in [2.75, 3.05) is 5.73 Å². The second kappa shape index (κ2) is 9.68. The molecule has 0 aliphatic rings. The van der Waals surface area contributed by atoms with Gasteiger partial charge in [0.2, 0.25) is 0 Å². The Morgan fingerprint density at radius 3 is 2.08 bits per heavy atom. The van der Waals surface area contributed by atoms with Crippen molar-refractivity contribution in [2.45, 2.75) is 20.8 Å². The molecule has 70 valence electrons. The number of nitrogens with two attached hydrogens (primary N) is 1. The van der Waals surface area contributed by atoms with Crippen molar-refractivity contribution in [1.29, 1.82) is 0 Å². The number of nitrogen functional groups attached to an aromatic ring is 1. The number of aldehydes is 1. The van der Waals surface area contributed by atoms with Crippen molar-refractivity contribution >= 4 is 12.1 Å². The van der Waals surface area contributed by atoms with Gasteiger partial charge in [-0.3, -0.25) is 0 Å².